The summed E-state index contributed by atoms with van der Waals surface area (Å²) in [6, 6.07) is 12.4. The van der Waals surface area contributed by atoms with Crippen LogP contribution in [-0.4, -0.2) is 29.5 Å². The van der Waals surface area contributed by atoms with Gasteiger partial charge < -0.3 is 15.5 Å². The number of hydrogen-bond acceptors (Lipinski definition) is 3. The first-order valence-electron chi connectivity index (χ1n) is 7.05. The van der Waals surface area contributed by atoms with Gasteiger partial charge in [0.15, 0.2) is 0 Å². The average molecular weight is 296 g/mol. The Bertz CT molecular complexity index is 660. The minimum atomic E-state index is -0.333. The number of pyridine rings is 1. The number of amides is 3. The molecule has 1 aliphatic heterocycles. The molecule has 1 fully saturated rings. The molecule has 112 valence electrons. The van der Waals surface area contributed by atoms with Gasteiger partial charge in [0.2, 0.25) is 5.91 Å². The van der Waals surface area contributed by atoms with Crippen LogP contribution in [0.2, 0.25) is 0 Å². The Morgan fingerprint density at radius 1 is 1.18 bits per heavy atom. The van der Waals surface area contributed by atoms with Gasteiger partial charge in [0.1, 0.15) is 0 Å². The third-order valence-corrected chi connectivity index (χ3v) is 3.45. The Morgan fingerprint density at radius 3 is 2.73 bits per heavy atom. The van der Waals surface area contributed by atoms with Gasteiger partial charge in [-0.2, -0.15) is 0 Å². The zero-order chi connectivity index (χ0) is 15.4. The van der Waals surface area contributed by atoms with Crippen molar-refractivity contribution in [2.24, 2.45) is 0 Å². The van der Waals surface area contributed by atoms with E-state index >= 15 is 0 Å². The molecule has 0 spiro atoms. The van der Waals surface area contributed by atoms with E-state index in [1.54, 1.807) is 29.4 Å². The molecule has 0 aliphatic carbocycles. The van der Waals surface area contributed by atoms with Gasteiger partial charge >= 0.3 is 6.03 Å². The molecular formula is C16H16N4O2. The lowest BCUT2D eigenvalue weighted by atomic mass is 10.2. The molecule has 1 aliphatic rings. The lowest BCUT2D eigenvalue weighted by molar-refractivity contribution is -0.117. The van der Waals surface area contributed by atoms with Crippen LogP contribution in [0.3, 0.4) is 0 Å². The molecule has 1 aromatic carbocycles. The molecule has 2 heterocycles. The van der Waals surface area contributed by atoms with E-state index in [1.807, 2.05) is 30.3 Å². The van der Waals surface area contributed by atoms with E-state index < -0.39 is 0 Å². The number of rotatable bonds is 3. The van der Waals surface area contributed by atoms with Crippen LogP contribution in [0.25, 0.3) is 0 Å². The molecule has 22 heavy (non-hydrogen) atoms. The number of para-hydroxylation sites is 1. The predicted molar refractivity (Wildman–Crippen MR) is 83.6 cm³/mol. The van der Waals surface area contributed by atoms with E-state index in [1.165, 1.54) is 0 Å². The molecule has 1 atom stereocenters. The molecule has 0 saturated carbocycles. The number of benzene rings is 1. The van der Waals surface area contributed by atoms with Gasteiger partial charge in [-0.3, -0.25) is 9.78 Å². The summed E-state index contributed by atoms with van der Waals surface area (Å²) in [7, 11) is 0. The Morgan fingerprint density at radius 2 is 2.00 bits per heavy atom. The van der Waals surface area contributed by atoms with Gasteiger partial charge in [0.25, 0.3) is 0 Å². The Kier molecular flexibility index (Phi) is 4.00. The van der Waals surface area contributed by atoms with Crippen molar-refractivity contribution in [3.8, 4) is 0 Å². The summed E-state index contributed by atoms with van der Waals surface area (Å²) in [4.78, 5) is 29.6. The zero-order valence-electron chi connectivity index (χ0n) is 11.9. The fourth-order valence-corrected chi connectivity index (χ4v) is 2.45. The van der Waals surface area contributed by atoms with Crippen LogP contribution in [0.15, 0.2) is 54.9 Å². The van der Waals surface area contributed by atoms with Crippen LogP contribution in [0.1, 0.15) is 6.42 Å². The van der Waals surface area contributed by atoms with Crippen LogP contribution in [0.4, 0.5) is 16.2 Å². The van der Waals surface area contributed by atoms with Crippen molar-refractivity contribution in [1.82, 2.24) is 10.3 Å². The van der Waals surface area contributed by atoms with Crippen molar-refractivity contribution in [3.63, 3.8) is 0 Å². The standard InChI is InChI=1S/C16H16N4O2/c21-15-9-13(11-20(15)14-6-2-1-3-7-14)19-16(22)18-12-5-4-8-17-10-12/h1-8,10,13H,9,11H2,(H2,18,19,22). The normalized spacial score (nSPS) is 17.4. The summed E-state index contributed by atoms with van der Waals surface area (Å²) >= 11 is 0. The summed E-state index contributed by atoms with van der Waals surface area (Å²) in [5.41, 5.74) is 1.47. The molecule has 2 aromatic rings. The highest BCUT2D eigenvalue weighted by atomic mass is 16.2. The van der Waals surface area contributed by atoms with Gasteiger partial charge in [0.05, 0.1) is 17.9 Å². The van der Waals surface area contributed by atoms with Gasteiger partial charge in [-0.15, -0.1) is 0 Å². The molecule has 3 rings (SSSR count). The van der Waals surface area contributed by atoms with E-state index in [2.05, 4.69) is 15.6 Å². The smallest absolute Gasteiger partial charge is 0.319 e. The third kappa shape index (κ3) is 3.22. The number of carbonyl (C=O) groups excluding carboxylic acids is 2. The second-order valence-corrected chi connectivity index (χ2v) is 5.08. The van der Waals surface area contributed by atoms with Crippen molar-refractivity contribution in [2.45, 2.75) is 12.5 Å². The number of carbonyl (C=O) groups is 2. The minimum absolute atomic E-state index is 0.0119. The highest BCUT2D eigenvalue weighted by Gasteiger charge is 2.31. The molecule has 0 bridgehead atoms. The highest BCUT2D eigenvalue weighted by Crippen LogP contribution is 2.21. The number of nitrogens with one attached hydrogen (secondary N) is 2. The molecule has 2 N–H and O–H groups in total. The first-order valence-corrected chi connectivity index (χ1v) is 7.05. The summed E-state index contributed by atoms with van der Waals surface area (Å²) < 4.78 is 0. The molecule has 6 heteroatoms. The van der Waals surface area contributed by atoms with Crippen molar-refractivity contribution in [2.75, 3.05) is 16.8 Å². The maximum absolute atomic E-state index is 12.1. The SMILES string of the molecule is O=C(Nc1cccnc1)NC1CC(=O)N(c2ccccc2)C1. The summed E-state index contributed by atoms with van der Waals surface area (Å²) in [6.45, 7) is 0.476. The monoisotopic (exact) mass is 296 g/mol. The highest BCUT2D eigenvalue weighted by molar-refractivity contribution is 5.97. The summed E-state index contributed by atoms with van der Waals surface area (Å²) in [6.07, 6.45) is 3.50. The van der Waals surface area contributed by atoms with Gasteiger partial charge in [-0.05, 0) is 24.3 Å². The Labute approximate surface area is 128 Å². The lowest BCUT2D eigenvalue weighted by Crippen LogP contribution is -2.39. The number of hydrogen-bond donors (Lipinski definition) is 2. The fourth-order valence-electron chi connectivity index (χ4n) is 2.45. The molecule has 0 radical (unpaired) electrons. The number of anilines is 2. The van der Waals surface area contributed by atoms with Crippen molar-refractivity contribution in [3.05, 3.63) is 54.9 Å². The minimum Gasteiger partial charge on any atom is -0.333 e. The maximum Gasteiger partial charge on any atom is 0.319 e. The lowest BCUT2D eigenvalue weighted by Gasteiger charge is -2.17. The van der Waals surface area contributed by atoms with E-state index in [9.17, 15) is 9.59 Å². The van der Waals surface area contributed by atoms with Crippen LogP contribution in [0, 0.1) is 0 Å². The van der Waals surface area contributed by atoms with Crippen LogP contribution in [-0.2, 0) is 4.79 Å². The largest absolute Gasteiger partial charge is 0.333 e. The maximum atomic E-state index is 12.1. The van der Waals surface area contributed by atoms with E-state index in [0.717, 1.165) is 5.69 Å². The first-order chi connectivity index (χ1) is 10.7. The molecule has 1 unspecified atom stereocenters. The van der Waals surface area contributed by atoms with Crippen molar-refractivity contribution >= 4 is 23.3 Å². The second-order valence-electron chi connectivity index (χ2n) is 5.08. The summed E-state index contributed by atoms with van der Waals surface area (Å²) in [5.74, 6) is 0.0119. The fraction of sp³-hybridized carbons (Fsp3) is 0.188. The van der Waals surface area contributed by atoms with E-state index in [4.69, 9.17) is 0 Å². The van der Waals surface area contributed by atoms with Crippen molar-refractivity contribution in [1.29, 1.82) is 0 Å². The number of nitrogens with zero attached hydrogens (tertiary/aromatic N) is 2. The summed E-state index contributed by atoms with van der Waals surface area (Å²) in [5, 5.41) is 5.51. The molecule has 3 amide bonds. The van der Waals surface area contributed by atoms with E-state index in [-0.39, 0.29) is 18.0 Å². The molecule has 1 saturated heterocycles. The topological polar surface area (TPSA) is 74.3 Å². The Hall–Kier alpha value is -2.89. The van der Waals surface area contributed by atoms with Gasteiger partial charge in [-0.1, -0.05) is 18.2 Å². The predicted octanol–water partition coefficient (Wildman–Crippen LogP) is 2.01. The van der Waals surface area contributed by atoms with Gasteiger partial charge in [0, 0.05) is 24.8 Å². The zero-order valence-corrected chi connectivity index (χ0v) is 11.9. The van der Waals surface area contributed by atoms with Crippen LogP contribution >= 0.6 is 0 Å². The number of urea groups is 1. The molecule has 6 nitrogen and oxygen atoms in total. The second kappa shape index (κ2) is 6.26. The molecule has 1 aromatic heterocycles. The third-order valence-electron chi connectivity index (χ3n) is 3.45. The van der Waals surface area contributed by atoms with Crippen LogP contribution in [0.5, 0.6) is 0 Å². The van der Waals surface area contributed by atoms with Gasteiger partial charge in [-0.25, -0.2) is 4.79 Å². The average Bonchev–Trinajstić information content (AvgIpc) is 2.89. The van der Waals surface area contributed by atoms with E-state index in [0.29, 0.717) is 18.7 Å². The first kappa shape index (κ1) is 14.1. The number of aromatic nitrogens is 1. The molecular weight excluding hydrogens is 280 g/mol. The Balaban J connectivity index is 1.58. The van der Waals surface area contributed by atoms with Crippen molar-refractivity contribution < 1.29 is 9.59 Å². The quantitative estimate of drug-likeness (QED) is 0.910. The van der Waals surface area contributed by atoms with Crippen LogP contribution < -0.4 is 15.5 Å².